The van der Waals surface area contributed by atoms with E-state index in [1.807, 2.05) is 0 Å². The third-order valence-corrected chi connectivity index (χ3v) is 4.34. The van der Waals surface area contributed by atoms with Gasteiger partial charge >= 0.3 is 5.97 Å². The summed E-state index contributed by atoms with van der Waals surface area (Å²) in [7, 11) is 1.40. The number of methoxy groups -OCH3 is 1. The van der Waals surface area contributed by atoms with Crippen molar-refractivity contribution in [1.29, 1.82) is 0 Å². The van der Waals surface area contributed by atoms with Gasteiger partial charge < -0.3 is 23.7 Å². The fourth-order valence-electron chi connectivity index (χ4n) is 2.97. The lowest BCUT2D eigenvalue weighted by atomic mass is 10.1. The number of rotatable bonds is 4. The van der Waals surface area contributed by atoms with Crippen molar-refractivity contribution in [3.8, 4) is 17.2 Å². The number of benzene rings is 2. The van der Waals surface area contributed by atoms with Gasteiger partial charge in [-0.15, -0.1) is 0 Å². The maximum absolute atomic E-state index is 12.7. The SMILES string of the molecule is COCC(=O)Oc1ccc2c(c1)O/C(=C\c1cc(Cl)cc3c1OCOC3)C2=O. The molecule has 0 unspecified atom stereocenters. The number of Topliss-reactive ketones (excluding diaryl/α,β-unsaturated/α-hetero) is 1. The number of ketones is 1. The molecule has 2 aromatic carbocycles. The second-order valence-corrected chi connectivity index (χ2v) is 6.54. The molecule has 0 aromatic heterocycles. The van der Waals surface area contributed by atoms with Crippen LogP contribution >= 0.6 is 11.6 Å². The van der Waals surface area contributed by atoms with Gasteiger partial charge in [-0.1, -0.05) is 11.6 Å². The summed E-state index contributed by atoms with van der Waals surface area (Å²) in [6.45, 7) is 0.318. The van der Waals surface area contributed by atoms with Crippen molar-refractivity contribution in [3.63, 3.8) is 0 Å². The number of fused-ring (bicyclic) bond motifs is 2. The molecular weight excluding hydrogens is 388 g/mol. The minimum Gasteiger partial charge on any atom is -0.467 e. The van der Waals surface area contributed by atoms with E-state index in [9.17, 15) is 9.59 Å². The normalized spacial score (nSPS) is 16.2. The van der Waals surface area contributed by atoms with Gasteiger partial charge in [-0.2, -0.15) is 0 Å². The van der Waals surface area contributed by atoms with E-state index in [1.165, 1.54) is 19.2 Å². The van der Waals surface area contributed by atoms with Crippen molar-refractivity contribution >= 4 is 29.4 Å². The Hall–Kier alpha value is -2.87. The van der Waals surface area contributed by atoms with E-state index in [-0.39, 0.29) is 30.7 Å². The van der Waals surface area contributed by atoms with Crippen LogP contribution in [0.25, 0.3) is 6.08 Å². The highest BCUT2D eigenvalue weighted by Gasteiger charge is 2.29. The molecule has 0 radical (unpaired) electrons. The first-order chi connectivity index (χ1) is 13.5. The largest absolute Gasteiger partial charge is 0.467 e. The molecule has 144 valence electrons. The van der Waals surface area contributed by atoms with Crippen molar-refractivity contribution in [1.82, 2.24) is 0 Å². The highest BCUT2D eigenvalue weighted by molar-refractivity contribution is 6.31. The summed E-state index contributed by atoms with van der Waals surface area (Å²) in [4.78, 5) is 24.2. The van der Waals surface area contributed by atoms with Gasteiger partial charge in [-0.3, -0.25) is 4.79 Å². The third kappa shape index (κ3) is 3.60. The molecule has 2 aliphatic heterocycles. The van der Waals surface area contributed by atoms with Gasteiger partial charge in [0.25, 0.3) is 0 Å². The standard InChI is InChI=1S/C20H15ClO7/c1-24-9-18(22)27-14-2-3-15-16(7-14)28-17(19(15)23)6-11-4-13(21)5-12-8-25-10-26-20(11)12/h2-7H,8-10H2,1H3/b17-6-. The van der Waals surface area contributed by atoms with Crippen LogP contribution in [0.3, 0.4) is 0 Å². The number of halogens is 1. The molecule has 0 saturated heterocycles. The Bertz CT molecular complexity index is 996. The monoisotopic (exact) mass is 402 g/mol. The second kappa shape index (κ2) is 7.63. The number of carbonyl (C=O) groups excluding carboxylic acids is 2. The molecule has 0 N–H and O–H groups in total. The molecule has 2 heterocycles. The van der Waals surface area contributed by atoms with Crippen LogP contribution in [0.4, 0.5) is 0 Å². The number of hydrogen-bond acceptors (Lipinski definition) is 7. The van der Waals surface area contributed by atoms with Gasteiger partial charge in [-0.05, 0) is 30.3 Å². The van der Waals surface area contributed by atoms with Crippen LogP contribution < -0.4 is 14.2 Å². The van der Waals surface area contributed by atoms with Gasteiger partial charge in [0.05, 0.1) is 12.2 Å². The van der Waals surface area contributed by atoms with Gasteiger partial charge in [0, 0.05) is 29.3 Å². The number of esters is 1. The molecule has 0 atom stereocenters. The van der Waals surface area contributed by atoms with E-state index < -0.39 is 5.97 Å². The highest BCUT2D eigenvalue weighted by atomic mass is 35.5. The molecule has 28 heavy (non-hydrogen) atoms. The van der Waals surface area contributed by atoms with Crippen molar-refractivity contribution in [3.05, 3.63) is 57.8 Å². The predicted molar refractivity (Wildman–Crippen MR) is 98.6 cm³/mol. The van der Waals surface area contributed by atoms with Crippen molar-refractivity contribution < 1.29 is 33.3 Å². The Labute approximate surface area is 165 Å². The molecule has 0 saturated carbocycles. The van der Waals surface area contributed by atoms with Crippen molar-refractivity contribution in [2.75, 3.05) is 20.5 Å². The quantitative estimate of drug-likeness (QED) is 0.440. The maximum atomic E-state index is 12.7. The van der Waals surface area contributed by atoms with E-state index in [0.29, 0.717) is 34.3 Å². The van der Waals surface area contributed by atoms with Crippen LogP contribution in [0, 0.1) is 0 Å². The lowest BCUT2D eigenvalue weighted by molar-refractivity contribution is -0.138. The van der Waals surface area contributed by atoms with Crippen molar-refractivity contribution in [2.45, 2.75) is 6.61 Å². The summed E-state index contributed by atoms with van der Waals surface area (Å²) >= 11 is 6.16. The first-order valence-electron chi connectivity index (χ1n) is 8.36. The summed E-state index contributed by atoms with van der Waals surface area (Å²) in [6.07, 6.45) is 1.58. The fourth-order valence-corrected chi connectivity index (χ4v) is 3.22. The zero-order valence-corrected chi connectivity index (χ0v) is 15.6. The lowest BCUT2D eigenvalue weighted by Gasteiger charge is -2.20. The molecule has 7 nitrogen and oxygen atoms in total. The smallest absolute Gasteiger partial charge is 0.337 e. The van der Waals surface area contributed by atoms with Crippen LogP contribution in [-0.2, 0) is 20.9 Å². The summed E-state index contributed by atoms with van der Waals surface area (Å²) in [5.74, 6) is 0.451. The third-order valence-electron chi connectivity index (χ3n) is 4.13. The lowest BCUT2D eigenvalue weighted by Crippen LogP contribution is -2.14. The molecule has 0 aliphatic carbocycles. The molecule has 2 aromatic rings. The van der Waals surface area contributed by atoms with Gasteiger partial charge in [0.15, 0.2) is 12.6 Å². The Morgan fingerprint density at radius 2 is 2.14 bits per heavy atom. The van der Waals surface area contributed by atoms with Crippen LogP contribution in [0.5, 0.6) is 17.2 Å². The van der Waals surface area contributed by atoms with Gasteiger partial charge in [-0.25, -0.2) is 4.79 Å². The predicted octanol–water partition coefficient (Wildman–Crippen LogP) is 3.37. The number of allylic oxidation sites excluding steroid dienone is 1. The molecule has 0 fully saturated rings. The minimum atomic E-state index is -0.549. The van der Waals surface area contributed by atoms with Crippen LogP contribution in [0.2, 0.25) is 5.02 Å². The van der Waals surface area contributed by atoms with Gasteiger partial charge in [0.1, 0.15) is 23.9 Å². The molecule has 0 amide bonds. The summed E-state index contributed by atoms with van der Waals surface area (Å²) < 4.78 is 26.4. The van der Waals surface area contributed by atoms with Crippen molar-refractivity contribution in [2.24, 2.45) is 0 Å². The Balaban J connectivity index is 1.63. The zero-order chi connectivity index (χ0) is 19.7. The molecule has 4 rings (SSSR count). The van der Waals surface area contributed by atoms with Crippen LogP contribution in [0.1, 0.15) is 21.5 Å². The average Bonchev–Trinajstić information content (AvgIpc) is 2.97. The van der Waals surface area contributed by atoms with Gasteiger partial charge in [0.2, 0.25) is 5.78 Å². The molecular formula is C20H15ClO7. The summed E-state index contributed by atoms with van der Waals surface area (Å²) in [5, 5.41) is 0.495. The fraction of sp³-hybridized carbons (Fsp3) is 0.200. The highest BCUT2D eigenvalue weighted by Crippen LogP contribution is 2.38. The first-order valence-corrected chi connectivity index (χ1v) is 8.74. The van der Waals surface area contributed by atoms with E-state index in [2.05, 4.69) is 0 Å². The van der Waals surface area contributed by atoms with E-state index in [4.69, 9.17) is 35.3 Å². The molecule has 0 spiro atoms. The number of ether oxygens (including phenoxy) is 5. The maximum Gasteiger partial charge on any atom is 0.337 e. The second-order valence-electron chi connectivity index (χ2n) is 6.10. The zero-order valence-electron chi connectivity index (χ0n) is 14.8. The summed E-state index contributed by atoms with van der Waals surface area (Å²) in [5.41, 5.74) is 1.78. The topological polar surface area (TPSA) is 80.3 Å². The Morgan fingerprint density at radius 3 is 2.96 bits per heavy atom. The van der Waals surface area contributed by atoms with E-state index in [0.717, 1.165) is 5.56 Å². The van der Waals surface area contributed by atoms with E-state index in [1.54, 1.807) is 24.3 Å². The summed E-state index contributed by atoms with van der Waals surface area (Å²) in [6, 6.07) is 8.00. The van der Waals surface area contributed by atoms with E-state index >= 15 is 0 Å². The Kier molecular flexibility index (Phi) is 5.04. The first kappa shape index (κ1) is 18.5. The minimum absolute atomic E-state index is 0.120. The van der Waals surface area contributed by atoms with Crippen LogP contribution in [-0.4, -0.2) is 32.3 Å². The number of hydrogen-bond donors (Lipinski definition) is 0. The van der Waals surface area contributed by atoms with Crippen LogP contribution in [0.15, 0.2) is 36.1 Å². The molecule has 0 bridgehead atoms. The molecule has 8 heteroatoms. The average molecular weight is 403 g/mol. The number of carbonyl (C=O) groups is 2. The molecule has 2 aliphatic rings. The Morgan fingerprint density at radius 1 is 1.29 bits per heavy atom.